The normalized spacial score (nSPS) is 11.1. The molecule has 0 radical (unpaired) electrons. The van der Waals surface area contributed by atoms with Crippen molar-refractivity contribution in [1.29, 1.82) is 15.8 Å². The molecule has 0 saturated carbocycles. The van der Waals surface area contributed by atoms with Gasteiger partial charge in [-0.05, 0) is 77.4 Å². The van der Waals surface area contributed by atoms with E-state index >= 15 is 0 Å². The van der Waals surface area contributed by atoms with E-state index < -0.39 is 0 Å². The third-order valence-electron chi connectivity index (χ3n) is 9.60. The molecule has 0 atom stereocenters. The van der Waals surface area contributed by atoms with Crippen LogP contribution in [-0.4, -0.2) is 9.13 Å². The van der Waals surface area contributed by atoms with Crippen LogP contribution in [0, 0.1) is 34.0 Å². The molecule has 230 valence electrons. The molecule has 0 N–H and O–H groups in total. The van der Waals surface area contributed by atoms with Crippen LogP contribution >= 0.6 is 0 Å². The van der Waals surface area contributed by atoms with Crippen LogP contribution < -0.4 is 0 Å². The Balaban J connectivity index is 1.40. The van der Waals surface area contributed by atoms with Gasteiger partial charge in [0.25, 0.3) is 0 Å². The smallest absolute Gasteiger partial charge is 0.102 e. The van der Waals surface area contributed by atoms with E-state index in [2.05, 4.69) is 81.9 Å². The van der Waals surface area contributed by atoms with Crippen molar-refractivity contribution in [2.45, 2.75) is 0 Å². The van der Waals surface area contributed by atoms with Gasteiger partial charge < -0.3 is 9.13 Å². The second kappa shape index (κ2) is 11.4. The highest BCUT2D eigenvalue weighted by molar-refractivity contribution is 6.10. The molecule has 0 saturated heterocycles. The fourth-order valence-corrected chi connectivity index (χ4v) is 7.48. The van der Waals surface area contributed by atoms with Gasteiger partial charge >= 0.3 is 0 Å². The molecule has 7 aromatic carbocycles. The summed E-state index contributed by atoms with van der Waals surface area (Å²) in [5.41, 5.74) is 9.97. The second-order valence-corrected chi connectivity index (χ2v) is 12.3. The number of para-hydroxylation sites is 4. The summed E-state index contributed by atoms with van der Waals surface area (Å²) in [6, 6.07) is 57.6. The molecule has 2 heterocycles. The molecule has 5 heteroatoms. The number of benzene rings is 7. The van der Waals surface area contributed by atoms with E-state index in [4.69, 9.17) is 0 Å². The molecule has 0 bridgehead atoms. The van der Waals surface area contributed by atoms with Crippen LogP contribution in [0.25, 0.3) is 77.2 Å². The number of aromatic nitrogens is 2. The number of nitriles is 3. The van der Waals surface area contributed by atoms with Gasteiger partial charge in [0, 0.05) is 32.8 Å². The third-order valence-corrected chi connectivity index (χ3v) is 9.60. The van der Waals surface area contributed by atoms with E-state index in [0.29, 0.717) is 27.9 Å². The molecule has 2 aromatic heterocycles. The summed E-state index contributed by atoms with van der Waals surface area (Å²) in [6.45, 7) is 0. The van der Waals surface area contributed by atoms with Crippen LogP contribution in [0.5, 0.6) is 0 Å². The minimum atomic E-state index is 0.470. The van der Waals surface area contributed by atoms with Crippen LogP contribution in [0.2, 0.25) is 0 Å². The first-order chi connectivity index (χ1) is 24.7. The van der Waals surface area contributed by atoms with E-state index in [1.165, 1.54) is 0 Å². The fraction of sp³-hybridized carbons (Fsp3) is 0. The zero-order valence-electron chi connectivity index (χ0n) is 26.7. The van der Waals surface area contributed by atoms with Crippen molar-refractivity contribution in [2.24, 2.45) is 0 Å². The van der Waals surface area contributed by atoms with Crippen LogP contribution in [0.3, 0.4) is 0 Å². The molecule has 0 aliphatic rings. The van der Waals surface area contributed by atoms with Gasteiger partial charge in [0.05, 0.1) is 56.6 Å². The van der Waals surface area contributed by atoms with Gasteiger partial charge in [-0.15, -0.1) is 0 Å². The van der Waals surface area contributed by atoms with Crippen molar-refractivity contribution in [3.63, 3.8) is 0 Å². The number of hydrogen-bond acceptors (Lipinski definition) is 3. The molecule has 0 unspecified atom stereocenters. The van der Waals surface area contributed by atoms with E-state index in [1.807, 2.05) is 97.1 Å². The van der Waals surface area contributed by atoms with Gasteiger partial charge in [0.15, 0.2) is 0 Å². The lowest BCUT2D eigenvalue weighted by Crippen LogP contribution is -2.02. The van der Waals surface area contributed by atoms with Crippen LogP contribution in [0.4, 0.5) is 0 Å². The summed E-state index contributed by atoms with van der Waals surface area (Å²) < 4.78 is 4.33. The molecular formula is C45H25N5. The van der Waals surface area contributed by atoms with Gasteiger partial charge in [0.2, 0.25) is 0 Å². The van der Waals surface area contributed by atoms with Gasteiger partial charge in [-0.3, -0.25) is 0 Å². The lowest BCUT2D eigenvalue weighted by Gasteiger charge is -2.18. The highest BCUT2D eigenvalue weighted by atomic mass is 15.0. The largest absolute Gasteiger partial charge is 0.309 e. The Labute approximate surface area is 287 Å². The molecule has 0 amide bonds. The monoisotopic (exact) mass is 635 g/mol. The molecular weight excluding hydrogens is 611 g/mol. The Morgan fingerprint density at radius 1 is 0.400 bits per heavy atom. The van der Waals surface area contributed by atoms with Gasteiger partial charge in [-0.2, -0.15) is 15.8 Å². The summed E-state index contributed by atoms with van der Waals surface area (Å²) in [5.74, 6) is 0. The predicted molar refractivity (Wildman–Crippen MR) is 200 cm³/mol. The molecule has 9 rings (SSSR count). The summed E-state index contributed by atoms with van der Waals surface area (Å²) in [7, 11) is 0. The van der Waals surface area contributed by atoms with Gasteiger partial charge in [0.1, 0.15) is 6.07 Å². The molecule has 50 heavy (non-hydrogen) atoms. The molecule has 0 spiro atoms. The first-order valence-corrected chi connectivity index (χ1v) is 16.3. The van der Waals surface area contributed by atoms with Crippen molar-refractivity contribution in [2.75, 3.05) is 0 Å². The van der Waals surface area contributed by atoms with Crippen LogP contribution in [-0.2, 0) is 0 Å². The molecule has 0 aliphatic carbocycles. The molecule has 0 fully saturated rings. The Morgan fingerprint density at radius 3 is 1.44 bits per heavy atom. The van der Waals surface area contributed by atoms with Crippen molar-refractivity contribution in [3.8, 4) is 51.8 Å². The number of rotatable bonds is 4. The lowest BCUT2D eigenvalue weighted by molar-refractivity contribution is 1.16. The zero-order valence-corrected chi connectivity index (χ0v) is 26.7. The minimum Gasteiger partial charge on any atom is -0.309 e. The molecule has 0 aliphatic heterocycles. The summed E-state index contributed by atoms with van der Waals surface area (Å²) in [5, 5.41) is 35.9. The third kappa shape index (κ3) is 4.31. The maximum atomic E-state index is 11.0. The summed E-state index contributed by atoms with van der Waals surface area (Å²) >= 11 is 0. The number of nitrogens with zero attached hydrogens (tertiary/aromatic N) is 5. The Morgan fingerprint density at radius 2 is 0.900 bits per heavy atom. The van der Waals surface area contributed by atoms with E-state index in [-0.39, 0.29) is 0 Å². The fourth-order valence-electron chi connectivity index (χ4n) is 7.48. The van der Waals surface area contributed by atoms with Crippen LogP contribution in [0.1, 0.15) is 16.7 Å². The topological polar surface area (TPSA) is 81.2 Å². The van der Waals surface area contributed by atoms with Crippen molar-refractivity contribution in [3.05, 3.63) is 168 Å². The van der Waals surface area contributed by atoms with Gasteiger partial charge in [-0.25, -0.2) is 0 Å². The minimum absolute atomic E-state index is 0.470. The van der Waals surface area contributed by atoms with Gasteiger partial charge in [-0.1, -0.05) is 91.0 Å². The summed E-state index contributed by atoms with van der Waals surface area (Å²) in [6.07, 6.45) is 0. The quantitative estimate of drug-likeness (QED) is 0.193. The standard InChI is InChI=1S/C45H25N5/c46-26-29-21-31(23-33(22-29)49-41-17-7-3-13-35(41)36-14-4-8-18-42(36)49)39-24-32(34-12-2-1-11-30(34)27-47)25-45(40(39)28-48)50-43-19-9-5-15-37(43)38-16-6-10-20-44(38)50/h1-25H. The van der Waals surface area contributed by atoms with Crippen molar-refractivity contribution in [1.82, 2.24) is 9.13 Å². The Hall–Kier alpha value is -7.39. The van der Waals surface area contributed by atoms with E-state index in [0.717, 1.165) is 66.0 Å². The van der Waals surface area contributed by atoms with E-state index in [1.54, 1.807) is 0 Å². The maximum Gasteiger partial charge on any atom is 0.102 e. The Kier molecular flexibility index (Phi) is 6.56. The predicted octanol–water partition coefficient (Wildman–Crippen LogP) is 10.8. The van der Waals surface area contributed by atoms with E-state index in [9.17, 15) is 15.8 Å². The first-order valence-electron chi connectivity index (χ1n) is 16.3. The molecule has 5 nitrogen and oxygen atoms in total. The maximum absolute atomic E-state index is 11.0. The number of hydrogen-bond donors (Lipinski definition) is 0. The van der Waals surface area contributed by atoms with Crippen molar-refractivity contribution < 1.29 is 0 Å². The summed E-state index contributed by atoms with van der Waals surface area (Å²) in [4.78, 5) is 0. The average Bonchev–Trinajstić information content (AvgIpc) is 3.70. The lowest BCUT2D eigenvalue weighted by atomic mass is 9.91. The zero-order chi connectivity index (χ0) is 33.8. The second-order valence-electron chi connectivity index (χ2n) is 12.3. The SMILES string of the molecule is N#Cc1cc(-c2cc(-c3ccccc3C#N)cc(-n3c4ccccc4c4ccccc43)c2C#N)cc(-n2c3ccccc3c3ccccc32)c1. The first kappa shape index (κ1) is 28.8. The van der Waals surface area contributed by atoms with Crippen molar-refractivity contribution >= 4 is 43.6 Å². The highest BCUT2D eigenvalue weighted by Gasteiger charge is 2.22. The average molecular weight is 636 g/mol. The Bertz CT molecular complexity index is 2870. The molecule has 9 aromatic rings. The number of fused-ring (bicyclic) bond motifs is 6. The van der Waals surface area contributed by atoms with Crippen LogP contribution in [0.15, 0.2) is 152 Å². The highest BCUT2D eigenvalue weighted by Crippen LogP contribution is 2.41.